The van der Waals surface area contributed by atoms with Gasteiger partial charge in [-0.3, -0.25) is 9.59 Å². The van der Waals surface area contributed by atoms with Crippen molar-refractivity contribution in [1.82, 2.24) is 24.5 Å². The zero-order valence-corrected chi connectivity index (χ0v) is 25.0. The number of hydrogen-bond donors (Lipinski definition) is 3. The average molecular weight is 650 g/mol. The molecule has 4 aromatic rings. The summed E-state index contributed by atoms with van der Waals surface area (Å²) in [5.41, 5.74) is 7.64. The van der Waals surface area contributed by atoms with Crippen molar-refractivity contribution in [2.24, 2.45) is 5.73 Å². The highest BCUT2D eigenvalue weighted by Crippen LogP contribution is 2.25. The van der Waals surface area contributed by atoms with E-state index in [-0.39, 0.29) is 46.8 Å². The van der Waals surface area contributed by atoms with Crippen LogP contribution in [0.4, 0.5) is 23.1 Å². The number of rotatable bonds is 12. The number of imidazole rings is 1. The summed E-state index contributed by atoms with van der Waals surface area (Å²) in [6.45, 7) is 0.782. The molecule has 0 spiro atoms. The minimum absolute atomic E-state index is 0. The summed E-state index contributed by atoms with van der Waals surface area (Å²) < 4.78 is 1.83. The Kier molecular flexibility index (Phi) is 10.6. The Morgan fingerprint density at radius 1 is 1.21 bits per heavy atom. The maximum Gasteiger partial charge on any atom is 0.390 e. The summed E-state index contributed by atoms with van der Waals surface area (Å²) in [6, 6.07) is 8.99. The van der Waals surface area contributed by atoms with Gasteiger partial charge in [0.05, 0.1) is 32.4 Å². The number of nitrogens with one attached hydrogen (secondary N) is 2. The number of terminal acetylenes is 1. The zero-order chi connectivity index (χ0) is 30.3. The van der Waals surface area contributed by atoms with Crippen LogP contribution in [0.2, 0.25) is 0 Å². The van der Waals surface area contributed by atoms with Crippen LogP contribution in [0.25, 0.3) is 10.9 Å². The molecular formula is C28H29BrN10O4. The number of pyridine rings is 1. The third kappa shape index (κ3) is 8.64. The number of aromatic nitrogens is 5. The quantitative estimate of drug-likeness (QED) is 0.0599. The van der Waals surface area contributed by atoms with E-state index >= 15 is 0 Å². The molecule has 14 nitrogen and oxygen atoms in total. The number of carbonyl (C=O) groups is 2. The number of carbonyl (C=O) groups excluding carboxylic acids is 2. The van der Waals surface area contributed by atoms with E-state index in [4.69, 9.17) is 12.2 Å². The molecule has 15 heteroatoms. The number of anilines is 3. The largest absolute Gasteiger partial charge is 1.00 e. The minimum atomic E-state index is -0.559. The zero-order valence-electron chi connectivity index (χ0n) is 23.4. The molecule has 1 aromatic carbocycles. The van der Waals surface area contributed by atoms with Gasteiger partial charge in [-0.25, -0.2) is 15.0 Å². The SMILES string of the molecule is C#Cc1cccc(Nc2ncnc3cnc(NC(=O)/C=C/C[N+](C)(C)Cc4c([N+](=O)[O-])ncn4CCC(N)=O)cc23)c1.[Br-]. The molecule has 2 amide bonds. The maximum atomic E-state index is 12.7. The Balaban J connectivity index is 0.00000506. The van der Waals surface area contributed by atoms with Gasteiger partial charge in [0.2, 0.25) is 18.1 Å². The van der Waals surface area contributed by atoms with Gasteiger partial charge in [-0.1, -0.05) is 12.0 Å². The van der Waals surface area contributed by atoms with Crippen LogP contribution < -0.4 is 33.3 Å². The van der Waals surface area contributed by atoms with Gasteiger partial charge < -0.3 is 52.5 Å². The van der Waals surface area contributed by atoms with E-state index in [2.05, 4.69) is 36.5 Å². The van der Waals surface area contributed by atoms with Gasteiger partial charge in [0.15, 0.2) is 5.69 Å². The van der Waals surface area contributed by atoms with Crippen LogP contribution in [-0.4, -0.2) is 66.4 Å². The molecule has 4 rings (SSSR count). The Morgan fingerprint density at radius 3 is 2.72 bits per heavy atom. The van der Waals surface area contributed by atoms with Crippen molar-refractivity contribution in [1.29, 1.82) is 0 Å². The van der Waals surface area contributed by atoms with Crippen molar-refractivity contribution in [2.75, 3.05) is 31.3 Å². The predicted octanol–water partition coefficient (Wildman–Crippen LogP) is -0.495. The van der Waals surface area contributed by atoms with Gasteiger partial charge in [0.1, 0.15) is 24.5 Å². The first-order chi connectivity index (χ1) is 20.0. The predicted molar refractivity (Wildman–Crippen MR) is 156 cm³/mol. The Labute approximate surface area is 257 Å². The van der Waals surface area contributed by atoms with Gasteiger partial charge in [0.25, 0.3) is 0 Å². The number of quaternary nitrogens is 1. The molecule has 4 N–H and O–H groups in total. The van der Waals surface area contributed by atoms with Gasteiger partial charge in [-0.05, 0) is 40.2 Å². The van der Waals surface area contributed by atoms with Crippen molar-refractivity contribution in [3.05, 3.63) is 82.7 Å². The van der Waals surface area contributed by atoms with E-state index in [0.717, 1.165) is 5.69 Å². The van der Waals surface area contributed by atoms with Crippen LogP contribution in [0.15, 0.2) is 61.3 Å². The fourth-order valence-corrected chi connectivity index (χ4v) is 4.17. The highest BCUT2D eigenvalue weighted by atomic mass is 79.9. The second-order valence-corrected chi connectivity index (χ2v) is 10.0. The maximum absolute atomic E-state index is 12.7. The summed E-state index contributed by atoms with van der Waals surface area (Å²) in [5, 5.41) is 18.1. The van der Waals surface area contributed by atoms with Crippen molar-refractivity contribution in [3.63, 3.8) is 0 Å². The number of nitrogens with two attached hydrogens (primary N) is 1. The first-order valence-electron chi connectivity index (χ1n) is 12.8. The summed E-state index contributed by atoms with van der Waals surface area (Å²) in [4.78, 5) is 51.6. The number of aryl methyl sites for hydroxylation is 1. The van der Waals surface area contributed by atoms with Crippen LogP contribution in [0, 0.1) is 22.5 Å². The molecule has 0 bridgehead atoms. The lowest BCUT2D eigenvalue weighted by molar-refractivity contribution is -0.898. The van der Waals surface area contributed by atoms with E-state index < -0.39 is 16.7 Å². The first-order valence-corrected chi connectivity index (χ1v) is 12.8. The van der Waals surface area contributed by atoms with Crippen LogP contribution in [-0.2, 0) is 22.7 Å². The van der Waals surface area contributed by atoms with Crippen LogP contribution in [0.1, 0.15) is 17.7 Å². The highest BCUT2D eigenvalue weighted by molar-refractivity contribution is 6.00. The third-order valence-electron chi connectivity index (χ3n) is 6.21. The number of nitrogens with zero attached hydrogens (tertiary/aromatic N) is 7. The summed E-state index contributed by atoms with van der Waals surface area (Å²) >= 11 is 0. The molecule has 0 saturated heterocycles. The van der Waals surface area contributed by atoms with E-state index in [1.807, 2.05) is 38.4 Å². The standard InChI is InChI=1S/C28H28N10O4.BrH/c1-4-19-7-5-8-20(13-19)34-27-21-14-25(30-15-22(21)31-17-32-27)35-26(40)9-6-12-38(2,3)16-23-28(37(41)42)33-18-36(23)11-10-24(29)39;/h1,5-9,13-15,17-18H,10-12,16H2,2-3H3,(H3-,29,30,31,32,34,35,39,40);1H/b9-6+;. The van der Waals surface area contributed by atoms with Crippen LogP contribution in [0.5, 0.6) is 0 Å². The van der Waals surface area contributed by atoms with Crippen LogP contribution in [0.3, 0.4) is 0 Å². The number of halogens is 1. The fourth-order valence-electron chi connectivity index (χ4n) is 4.17. The Hall–Kier alpha value is -5.20. The topological polar surface area (TPSA) is 184 Å². The third-order valence-corrected chi connectivity index (χ3v) is 6.21. The number of amides is 2. The lowest BCUT2D eigenvalue weighted by atomic mass is 10.2. The first kappa shape index (κ1) is 32.3. The molecule has 3 heterocycles. The van der Waals surface area contributed by atoms with E-state index in [0.29, 0.717) is 40.3 Å². The number of hydrogen-bond acceptors (Lipinski definition) is 9. The molecule has 0 radical (unpaired) electrons. The molecule has 3 aromatic heterocycles. The van der Waals surface area contributed by atoms with Crippen LogP contribution >= 0.6 is 0 Å². The number of primary amides is 1. The summed E-state index contributed by atoms with van der Waals surface area (Å²) in [7, 11) is 3.71. The minimum Gasteiger partial charge on any atom is -1.00 e. The number of likely N-dealkylation sites (N-methyl/N-ethyl adjacent to an activating group) is 1. The number of nitro groups is 1. The van der Waals surface area contributed by atoms with Crippen molar-refractivity contribution >= 4 is 45.9 Å². The fraction of sp³-hybridized carbons (Fsp3) is 0.214. The normalized spacial score (nSPS) is 11.1. The monoisotopic (exact) mass is 648 g/mol. The van der Waals surface area contributed by atoms with Gasteiger partial charge >= 0.3 is 5.82 Å². The molecule has 0 fully saturated rings. The van der Waals surface area contributed by atoms with Gasteiger partial charge in [-0.15, -0.1) is 6.42 Å². The lowest BCUT2D eigenvalue weighted by Gasteiger charge is -2.28. The molecule has 0 aliphatic rings. The van der Waals surface area contributed by atoms with E-state index in [1.54, 1.807) is 16.7 Å². The average Bonchev–Trinajstić information content (AvgIpc) is 3.34. The van der Waals surface area contributed by atoms with E-state index in [1.165, 1.54) is 24.9 Å². The highest BCUT2D eigenvalue weighted by Gasteiger charge is 2.28. The molecule has 0 aliphatic carbocycles. The Morgan fingerprint density at radius 2 is 2.00 bits per heavy atom. The molecule has 43 heavy (non-hydrogen) atoms. The smallest absolute Gasteiger partial charge is 0.390 e. The van der Waals surface area contributed by atoms with Gasteiger partial charge in [-0.2, -0.15) is 0 Å². The van der Waals surface area contributed by atoms with Gasteiger partial charge in [0, 0.05) is 35.7 Å². The van der Waals surface area contributed by atoms with Crippen molar-refractivity contribution < 1.29 is 36.0 Å². The molecule has 0 atom stereocenters. The molecule has 0 saturated carbocycles. The second-order valence-electron chi connectivity index (χ2n) is 10.0. The van der Waals surface area contributed by atoms with E-state index in [9.17, 15) is 19.7 Å². The second kappa shape index (κ2) is 14.1. The summed E-state index contributed by atoms with van der Waals surface area (Å²) in [5.74, 6) is 2.20. The lowest BCUT2D eigenvalue weighted by Crippen LogP contribution is -3.00. The number of benzene rings is 1. The summed E-state index contributed by atoms with van der Waals surface area (Å²) in [6.07, 6.45) is 12.8. The molecule has 0 unspecified atom stereocenters. The number of fused-ring (bicyclic) bond motifs is 1. The molecular weight excluding hydrogens is 620 g/mol. The van der Waals surface area contributed by atoms with Crippen molar-refractivity contribution in [3.8, 4) is 12.3 Å². The van der Waals surface area contributed by atoms with Crippen molar-refractivity contribution in [2.45, 2.75) is 19.5 Å². The molecule has 0 aliphatic heterocycles. The molecule has 222 valence electrons. The Bertz CT molecular complexity index is 1730.